The van der Waals surface area contributed by atoms with Gasteiger partial charge >= 0.3 is 12.4 Å². The lowest BCUT2D eigenvalue weighted by Gasteiger charge is -2.32. The fourth-order valence-electron chi connectivity index (χ4n) is 3.49. The fraction of sp³-hybridized carbons (Fsp3) is 0.455. The molecule has 0 aromatic carbocycles. The molecule has 9 nitrogen and oxygen atoms in total. The number of aromatic nitrogens is 4. The van der Waals surface area contributed by atoms with E-state index in [0.29, 0.717) is 30.4 Å². The van der Waals surface area contributed by atoms with Crippen molar-refractivity contribution in [1.29, 1.82) is 5.26 Å². The van der Waals surface area contributed by atoms with Gasteiger partial charge in [-0.05, 0) is 38.8 Å². The third-order valence-electron chi connectivity index (χ3n) is 6.03. The van der Waals surface area contributed by atoms with E-state index >= 15 is 0 Å². The van der Waals surface area contributed by atoms with Crippen LogP contribution in [0.5, 0.6) is 0 Å². The van der Waals surface area contributed by atoms with Crippen molar-refractivity contribution >= 4 is 23.8 Å². The smallest absolute Gasteiger partial charge is 0.354 e. The van der Waals surface area contributed by atoms with Crippen molar-refractivity contribution in [1.82, 2.24) is 24.8 Å². The van der Waals surface area contributed by atoms with Gasteiger partial charge in [0.2, 0.25) is 11.9 Å². The van der Waals surface area contributed by atoms with Crippen LogP contribution in [0, 0.1) is 11.3 Å². The van der Waals surface area contributed by atoms with Gasteiger partial charge in [-0.1, -0.05) is 0 Å². The van der Waals surface area contributed by atoms with E-state index in [0.717, 1.165) is 32.0 Å². The first-order chi connectivity index (χ1) is 17.1. The second-order valence-corrected chi connectivity index (χ2v) is 9.20. The van der Waals surface area contributed by atoms with Gasteiger partial charge in [0, 0.05) is 25.1 Å². The Labute approximate surface area is 207 Å². The number of nitriles is 1. The Hall–Kier alpha value is -3.96. The van der Waals surface area contributed by atoms with Crippen molar-refractivity contribution in [2.45, 2.75) is 56.0 Å². The van der Waals surface area contributed by atoms with Crippen molar-refractivity contribution in [3.8, 4) is 6.07 Å². The van der Waals surface area contributed by atoms with Crippen LogP contribution in [-0.2, 0) is 5.41 Å². The minimum atomic E-state index is -4.73. The topological polar surface area (TPSA) is 115 Å². The van der Waals surface area contributed by atoms with Gasteiger partial charge in [0.15, 0.2) is 5.82 Å². The molecule has 1 fully saturated rings. The summed E-state index contributed by atoms with van der Waals surface area (Å²) in [5, 5.41) is 14.5. The van der Waals surface area contributed by atoms with Gasteiger partial charge in [-0.25, -0.2) is 0 Å². The number of hydrogen-bond acceptors (Lipinski definition) is 9. The third-order valence-corrected chi connectivity index (χ3v) is 6.03. The zero-order chi connectivity index (χ0) is 27.2. The predicted molar refractivity (Wildman–Crippen MR) is 121 cm³/mol. The number of aliphatic imine (C=N–C) groups is 1. The van der Waals surface area contributed by atoms with Crippen molar-refractivity contribution in [3.63, 3.8) is 0 Å². The van der Waals surface area contributed by atoms with E-state index < -0.39 is 41.0 Å². The van der Waals surface area contributed by atoms with Crippen LogP contribution in [0.2, 0.25) is 0 Å². The zero-order valence-electron chi connectivity index (χ0n) is 19.8. The van der Waals surface area contributed by atoms with Crippen molar-refractivity contribution < 1.29 is 26.3 Å². The standard InChI is InChI=1S/C22H21F6N9/c1-19(2,22(26,27)28)36-18-34-16(13-9-30-10-15(37(13)3)21(23,24)25)33-17(35-18)32-12-4-7-31-14(8-12)20(11-29)5-6-20/h4,7-10,13H,5-6H2,1-3H3,(H2,31,32,33,34,35,36). The van der Waals surface area contributed by atoms with Gasteiger partial charge in [0.05, 0.1) is 23.4 Å². The fourth-order valence-corrected chi connectivity index (χ4v) is 3.49. The van der Waals surface area contributed by atoms with Crippen LogP contribution in [0.4, 0.5) is 43.9 Å². The Morgan fingerprint density at radius 3 is 2.35 bits per heavy atom. The van der Waals surface area contributed by atoms with Crippen LogP contribution in [0.3, 0.4) is 0 Å². The lowest BCUT2D eigenvalue weighted by molar-refractivity contribution is -0.168. The van der Waals surface area contributed by atoms with E-state index in [1.54, 1.807) is 6.07 Å². The Morgan fingerprint density at radius 1 is 1.08 bits per heavy atom. The molecule has 0 spiro atoms. The van der Waals surface area contributed by atoms with Gasteiger partial charge in [-0.15, -0.1) is 0 Å². The number of nitrogens with one attached hydrogen (secondary N) is 2. The Balaban J connectivity index is 1.72. The number of nitrogens with zero attached hydrogens (tertiary/aromatic N) is 7. The third kappa shape index (κ3) is 5.27. The number of allylic oxidation sites excluding steroid dienone is 1. The number of rotatable bonds is 6. The highest BCUT2D eigenvalue weighted by atomic mass is 19.4. The van der Waals surface area contributed by atoms with Gasteiger partial charge < -0.3 is 15.5 Å². The first-order valence-electron chi connectivity index (χ1n) is 10.9. The van der Waals surface area contributed by atoms with Crippen LogP contribution in [-0.4, -0.2) is 56.0 Å². The predicted octanol–water partition coefficient (Wildman–Crippen LogP) is 4.78. The van der Waals surface area contributed by atoms with Crippen molar-refractivity contribution in [2.24, 2.45) is 4.99 Å². The highest BCUT2D eigenvalue weighted by Crippen LogP contribution is 2.47. The Morgan fingerprint density at radius 2 is 1.76 bits per heavy atom. The molecule has 1 aliphatic carbocycles. The maximum atomic E-state index is 13.5. The minimum Gasteiger partial charge on any atom is -0.354 e. The van der Waals surface area contributed by atoms with Crippen molar-refractivity contribution in [2.75, 3.05) is 17.7 Å². The largest absolute Gasteiger partial charge is 0.432 e. The van der Waals surface area contributed by atoms with Gasteiger partial charge in [-0.2, -0.15) is 46.6 Å². The highest BCUT2D eigenvalue weighted by Gasteiger charge is 2.48. The normalized spacial score (nSPS) is 19.2. The molecule has 37 heavy (non-hydrogen) atoms. The molecular formula is C22H21F6N9. The molecule has 2 N–H and O–H groups in total. The summed E-state index contributed by atoms with van der Waals surface area (Å²) in [4.78, 5) is 20.8. The first kappa shape index (κ1) is 26.1. The maximum Gasteiger partial charge on any atom is 0.432 e. The molecule has 4 rings (SSSR count). The van der Waals surface area contributed by atoms with Crippen LogP contribution in [0.15, 0.2) is 35.2 Å². The molecule has 0 radical (unpaired) electrons. The van der Waals surface area contributed by atoms with E-state index in [1.165, 1.54) is 12.3 Å². The Kier molecular flexibility index (Phi) is 6.25. The second kappa shape index (κ2) is 8.86. The number of pyridine rings is 1. The molecule has 1 atom stereocenters. The van der Waals surface area contributed by atoms with Gasteiger partial charge in [-0.3, -0.25) is 9.98 Å². The lowest BCUT2D eigenvalue weighted by Crippen LogP contribution is -2.47. The van der Waals surface area contributed by atoms with Gasteiger partial charge in [0.1, 0.15) is 17.3 Å². The summed E-state index contributed by atoms with van der Waals surface area (Å²) in [6.07, 6.45) is -4.93. The minimum absolute atomic E-state index is 0.227. The van der Waals surface area contributed by atoms with Crippen LogP contribution in [0.1, 0.15) is 44.2 Å². The molecule has 2 aromatic heterocycles. The summed E-state index contributed by atoms with van der Waals surface area (Å²) in [5.74, 6) is -1.01. The van der Waals surface area contributed by atoms with E-state index in [2.05, 4.69) is 41.6 Å². The van der Waals surface area contributed by atoms with Crippen LogP contribution < -0.4 is 10.6 Å². The number of alkyl halides is 6. The molecule has 0 amide bonds. The number of hydrogen-bond donors (Lipinski definition) is 2. The zero-order valence-corrected chi connectivity index (χ0v) is 19.8. The van der Waals surface area contributed by atoms with E-state index in [4.69, 9.17) is 0 Å². The van der Waals surface area contributed by atoms with Crippen molar-refractivity contribution in [3.05, 3.63) is 41.7 Å². The van der Waals surface area contributed by atoms with Gasteiger partial charge in [0.25, 0.3) is 0 Å². The Bertz CT molecular complexity index is 1290. The molecule has 2 aliphatic rings. The first-order valence-corrected chi connectivity index (χ1v) is 10.9. The molecule has 2 aromatic rings. The molecule has 3 heterocycles. The van der Waals surface area contributed by atoms with Crippen LogP contribution >= 0.6 is 0 Å². The molecule has 1 saturated carbocycles. The summed E-state index contributed by atoms with van der Waals surface area (Å²) < 4.78 is 80.9. The number of anilines is 3. The summed E-state index contributed by atoms with van der Waals surface area (Å²) in [6.45, 7) is 1.74. The average molecular weight is 525 g/mol. The average Bonchev–Trinajstić information content (AvgIpc) is 3.59. The molecule has 196 valence electrons. The van der Waals surface area contributed by atoms with Crippen LogP contribution in [0.25, 0.3) is 0 Å². The molecule has 15 heteroatoms. The molecule has 1 aliphatic heterocycles. The van der Waals surface area contributed by atoms with E-state index in [-0.39, 0.29) is 11.8 Å². The van der Waals surface area contributed by atoms with E-state index in [9.17, 15) is 31.6 Å². The molecular weight excluding hydrogens is 504 g/mol. The number of halogens is 6. The summed E-state index contributed by atoms with van der Waals surface area (Å²) >= 11 is 0. The summed E-state index contributed by atoms with van der Waals surface area (Å²) in [5.41, 5.74) is -3.37. The summed E-state index contributed by atoms with van der Waals surface area (Å²) in [7, 11) is 1.14. The lowest BCUT2D eigenvalue weighted by atomic mass is 10.0. The SMILES string of the molecule is CN1C(C(F)(F)F)=CN=CC1c1nc(Nc2ccnc(C3(C#N)CC3)c2)nc(NC(C)(C)C(F)(F)F)n1. The molecule has 1 unspecified atom stereocenters. The quantitative estimate of drug-likeness (QED) is 0.518. The second-order valence-electron chi connectivity index (χ2n) is 9.20. The maximum absolute atomic E-state index is 13.5. The molecule has 0 saturated heterocycles. The summed E-state index contributed by atoms with van der Waals surface area (Å²) in [6, 6.07) is 4.09. The van der Waals surface area contributed by atoms with E-state index in [1.807, 2.05) is 0 Å². The highest BCUT2D eigenvalue weighted by molar-refractivity contribution is 5.69. The monoisotopic (exact) mass is 525 g/mol. The molecule has 0 bridgehead atoms.